The Balaban J connectivity index is 2.10. The lowest BCUT2D eigenvalue weighted by molar-refractivity contribution is 0.415. The average molecular weight is 389 g/mol. The maximum absolute atomic E-state index is 12.5. The number of pyridine rings is 1. The molecule has 0 bridgehead atoms. The molecule has 2 aromatic heterocycles. The molecule has 0 radical (unpaired) electrons. The normalized spacial score (nSPS) is 11.6. The fraction of sp³-hybridized carbons (Fsp3) is 0.0714. The largest absolute Gasteiger partial charge is 0.497 e. The van der Waals surface area contributed by atoms with E-state index in [0.717, 1.165) is 16.7 Å². The lowest BCUT2D eigenvalue weighted by Gasteiger charge is -2.11. The average Bonchev–Trinajstić information content (AvgIpc) is 2.87. The van der Waals surface area contributed by atoms with Crippen LogP contribution in [0, 0.1) is 0 Å². The number of hydrogen-bond acceptors (Lipinski definition) is 5. The first-order valence-electron chi connectivity index (χ1n) is 6.31. The van der Waals surface area contributed by atoms with Crippen LogP contribution in [0.4, 0.5) is 5.69 Å². The number of sulfonamides is 1. The smallest absolute Gasteiger partial charge is 0.271 e. The van der Waals surface area contributed by atoms with Crippen LogP contribution in [-0.2, 0) is 10.0 Å². The quantitative estimate of drug-likeness (QED) is 0.718. The zero-order valence-electron chi connectivity index (χ0n) is 11.7. The highest BCUT2D eigenvalue weighted by atomic mass is 35.5. The molecule has 0 aliphatic rings. The van der Waals surface area contributed by atoms with Gasteiger partial charge in [-0.05, 0) is 18.2 Å². The van der Waals surface area contributed by atoms with E-state index in [9.17, 15) is 8.42 Å². The number of aromatic nitrogens is 1. The lowest BCUT2D eigenvalue weighted by atomic mass is 10.2. The fourth-order valence-electron chi connectivity index (χ4n) is 2.01. The molecule has 120 valence electrons. The third kappa shape index (κ3) is 3.23. The Bertz CT molecular complexity index is 967. The minimum absolute atomic E-state index is 0.0272. The highest BCUT2D eigenvalue weighted by Crippen LogP contribution is 2.36. The predicted octanol–water partition coefficient (Wildman–Crippen LogP) is 4.41. The number of halogens is 2. The SMILES string of the molecule is COc1cc(NS(=O)(=O)c2cc(Cl)c(Cl)s2)c2ncccc2c1. The third-order valence-electron chi connectivity index (χ3n) is 3.05. The van der Waals surface area contributed by atoms with Crippen molar-refractivity contribution >= 4 is 61.2 Å². The van der Waals surface area contributed by atoms with Crippen molar-refractivity contribution in [3.05, 3.63) is 45.9 Å². The topological polar surface area (TPSA) is 68.3 Å². The van der Waals surface area contributed by atoms with Crippen LogP contribution in [0.3, 0.4) is 0 Å². The summed E-state index contributed by atoms with van der Waals surface area (Å²) in [6.07, 6.45) is 1.59. The number of fused-ring (bicyclic) bond motifs is 1. The second-order valence-corrected chi connectivity index (χ2v) is 8.51. The highest BCUT2D eigenvalue weighted by Gasteiger charge is 2.21. The van der Waals surface area contributed by atoms with Crippen molar-refractivity contribution in [3.8, 4) is 5.75 Å². The molecule has 3 rings (SSSR count). The summed E-state index contributed by atoms with van der Waals surface area (Å²) in [5.74, 6) is 0.519. The van der Waals surface area contributed by atoms with Crippen molar-refractivity contribution in [2.24, 2.45) is 0 Å². The van der Waals surface area contributed by atoms with Gasteiger partial charge in [0.2, 0.25) is 0 Å². The van der Waals surface area contributed by atoms with Crippen molar-refractivity contribution in [2.45, 2.75) is 4.21 Å². The molecule has 0 unspecified atom stereocenters. The van der Waals surface area contributed by atoms with E-state index in [1.54, 1.807) is 24.4 Å². The standard InChI is InChI=1S/C14H10Cl2N2O3S2/c1-21-9-5-8-3-2-4-17-13(8)11(6-9)18-23(19,20)12-7-10(15)14(16)22-12/h2-7,18H,1H3. The van der Waals surface area contributed by atoms with Gasteiger partial charge in [-0.1, -0.05) is 29.3 Å². The van der Waals surface area contributed by atoms with Gasteiger partial charge in [0.25, 0.3) is 10.0 Å². The Kier molecular flexibility index (Phi) is 4.37. The van der Waals surface area contributed by atoms with Crippen LogP contribution in [0.5, 0.6) is 5.75 Å². The first kappa shape index (κ1) is 16.3. The van der Waals surface area contributed by atoms with Gasteiger partial charge in [0.05, 0.1) is 23.3 Å². The van der Waals surface area contributed by atoms with Crippen LogP contribution >= 0.6 is 34.5 Å². The molecule has 5 nitrogen and oxygen atoms in total. The molecule has 23 heavy (non-hydrogen) atoms. The van der Waals surface area contributed by atoms with Gasteiger partial charge in [-0.3, -0.25) is 9.71 Å². The van der Waals surface area contributed by atoms with Crippen molar-refractivity contribution < 1.29 is 13.2 Å². The van der Waals surface area contributed by atoms with Gasteiger partial charge in [-0.25, -0.2) is 8.42 Å². The molecule has 9 heteroatoms. The van der Waals surface area contributed by atoms with Crippen molar-refractivity contribution in [1.29, 1.82) is 0 Å². The lowest BCUT2D eigenvalue weighted by Crippen LogP contribution is -2.12. The summed E-state index contributed by atoms with van der Waals surface area (Å²) in [6.45, 7) is 0. The molecule has 0 amide bonds. The van der Waals surface area contributed by atoms with Crippen LogP contribution < -0.4 is 9.46 Å². The number of nitrogens with one attached hydrogen (secondary N) is 1. The zero-order valence-corrected chi connectivity index (χ0v) is 14.9. The molecule has 0 saturated carbocycles. The van der Waals surface area contributed by atoms with Gasteiger partial charge in [0, 0.05) is 17.6 Å². The molecule has 0 spiro atoms. The van der Waals surface area contributed by atoms with Gasteiger partial charge in [0.15, 0.2) is 0 Å². The van der Waals surface area contributed by atoms with Crippen LogP contribution in [0.25, 0.3) is 10.9 Å². The maximum atomic E-state index is 12.5. The fourth-order valence-corrected chi connectivity index (χ4v) is 4.95. The number of anilines is 1. The molecule has 0 aliphatic carbocycles. The molecule has 3 aromatic rings. The summed E-state index contributed by atoms with van der Waals surface area (Å²) in [5, 5.41) is 0.956. The molecule has 0 saturated heterocycles. The first-order valence-corrected chi connectivity index (χ1v) is 9.36. The van der Waals surface area contributed by atoms with Crippen LogP contribution in [0.2, 0.25) is 9.36 Å². The van der Waals surface area contributed by atoms with E-state index in [1.807, 2.05) is 6.07 Å². The van der Waals surface area contributed by atoms with Crippen LogP contribution in [-0.4, -0.2) is 20.5 Å². The van der Waals surface area contributed by atoms with Gasteiger partial charge in [0.1, 0.15) is 14.3 Å². The molecule has 1 N–H and O–H groups in total. The molecular formula is C14H10Cl2N2O3S2. The van der Waals surface area contributed by atoms with E-state index in [-0.39, 0.29) is 13.6 Å². The maximum Gasteiger partial charge on any atom is 0.271 e. The molecule has 0 atom stereocenters. The van der Waals surface area contributed by atoms with Gasteiger partial charge in [-0.2, -0.15) is 0 Å². The number of ether oxygens (including phenoxy) is 1. The van der Waals surface area contributed by atoms with Crippen molar-refractivity contribution in [2.75, 3.05) is 11.8 Å². The van der Waals surface area contributed by atoms with Crippen LogP contribution in [0.1, 0.15) is 0 Å². The molecule has 1 aromatic carbocycles. The highest BCUT2D eigenvalue weighted by molar-refractivity contribution is 7.94. The minimum atomic E-state index is -3.83. The minimum Gasteiger partial charge on any atom is -0.497 e. The Labute approximate surface area is 146 Å². The second kappa shape index (κ2) is 6.16. The van der Waals surface area contributed by atoms with Crippen molar-refractivity contribution in [1.82, 2.24) is 4.98 Å². The summed E-state index contributed by atoms with van der Waals surface area (Å²) in [6, 6.07) is 8.25. The number of nitrogens with zero attached hydrogens (tertiary/aromatic N) is 1. The Morgan fingerprint density at radius 2 is 2.04 bits per heavy atom. The van der Waals surface area contributed by atoms with Crippen molar-refractivity contribution in [3.63, 3.8) is 0 Å². The Morgan fingerprint density at radius 1 is 1.26 bits per heavy atom. The third-order valence-corrected chi connectivity index (χ3v) is 6.75. The summed E-state index contributed by atoms with van der Waals surface area (Å²) in [5.41, 5.74) is 0.839. The monoisotopic (exact) mass is 388 g/mol. The number of rotatable bonds is 4. The second-order valence-electron chi connectivity index (χ2n) is 4.54. The van der Waals surface area contributed by atoms with Crippen LogP contribution in [0.15, 0.2) is 40.7 Å². The number of thiophene rings is 1. The van der Waals surface area contributed by atoms with E-state index in [2.05, 4.69) is 9.71 Å². The molecular weight excluding hydrogens is 379 g/mol. The zero-order chi connectivity index (χ0) is 16.6. The molecule has 0 aliphatic heterocycles. The number of methoxy groups -OCH3 is 1. The summed E-state index contributed by atoms with van der Waals surface area (Å²) < 4.78 is 33.0. The number of benzene rings is 1. The van der Waals surface area contributed by atoms with Gasteiger partial charge >= 0.3 is 0 Å². The summed E-state index contributed by atoms with van der Waals surface area (Å²) in [7, 11) is -2.32. The molecule has 2 heterocycles. The van der Waals surface area contributed by atoms with E-state index >= 15 is 0 Å². The van der Waals surface area contributed by atoms with E-state index in [0.29, 0.717) is 17.0 Å². The molecule has 0 fully saturated rings. The van der Waals surface area contributed by atoms with Gasteiger partial charge < -0.3 is 4.74 Å². The summed E-state index contributed by atoms with van der Waals surface area (Å²) in [4.78, 5) is 4.23. The summed E-state index contributed by atoms with van der Waals surface area (Å²) >= 11 is 12.6. The van der Waals surface area contributed by atoms with Gasteiger partial charge in [-0.15, -0.1) is 11.3 Å². The van der Waals surface area contributed by atoms with E-state index in [1.165, 1.54) is 13.2 Å². The predicted molar refractivity (Wildman–Crippen MR) is 93.4 cm³/mol. The Morgan fingerprint density at radius 3 is 2.70 bits per heavy atom. The van der Waals surface area contributed by atoms with E-state index < -0.39 is 10.0 Å². The first-order chi connectivity index (χ1) is 10.9. The van der Waals surface area contributed by atoms with E-state index in [4.69, 9.17) is 27.9 Å². The Hall–Kier alpha value is -1.54. The number of hydrogen-bond donors (Lipinski definition) is 1.